The highest BCUT2D eigenvalue weighted by Crippen LogP contribution is 2.35. The topological polar surface area (TPSA) is 51.2 Å². The van der Waals surface area contributed by atoms with E-state index < -0.39 is 0 Å². The molecule has 3 aromatic rings. The minimum Gasteiger partial charge on any atom is -0.481 e. The third-order valence-corrected chi connectivity index (χ3v) is 5.08. The molecule has 1 heterocycles. The van der Waals surface area contributed by atoms with E-state index in [0.717, 1.165) is 16.0 Å². The van der Waals surface area contributed by atoms with Gasteiger partial charge in [0.05, 0.1) is 7.11 Å². The van der Waals surface area contributed by atoms with Crippen molar-refractivity contribution in [1.82, 2.24) is 10.3 Å². The van der Waals surface area contributed by atoms with Crippen molar-refractivity contribution in [2.45, 2.75) is 16.7 Å². The molecule has 26 heavy (non-hydrogen) atoms. The van der Waals surface area contributed by atoms with Crippen LogP contribution in [-0.4, -0.2) is 18.0 Å². The van der Waals surface area contributed by atoms with Gasteiger partial charge in [0.2, 0.25) is 11.8 Å². The highest BCUT2D eigenvalue weighted by Gasteiger charge is 2.21. The summed E-state index contributed by atoms with van der Waals surface area (Å²) in [6.45, 7) is 0.427. The highest BCUT2D eigenvalue weighted by atomic mass is 32.2. The first-order chi connectivity index (χ1) is 12.8. The normalized spacial score (nSPS) is 11.6. The first kappa shape index (κ1) is 18.0. The minimum atomic E-state index is -0.317. The maximum absolute atomic E-state index is 12.9. The zero-order valence-electron chi connectivity index (χ0n) is 14.5. The van der Waals surface area contributed by atoms with Crippen LogP contribution >= 0.6 is 11.8 Å². The minimum absolute atomic E-state index is 0.0270. The average Bonchev–Trinajstić information content (AvgIpc) is 2.72. The van der Waals surface area contributed by atoms with Crippen molar-refractivity contribution >= 4 is 17.7 Å². The zero-order chi connectivity index (χ0) is 18.2. The molecule has 0 spiro atoms. The van der Waals surface area contributed by atoms with Gasteiger partial charge in [0, 0.05) is 23.7 Å². The van der Waals surface area contributed by atoms with Crippen LogP contribution in [0.25, 0.3) is 0 Å². The molecule has 0 saturated carbocycles. The van der Waals surface area contributed by atoms with Gasteiger partial charge in [-0.1, -0.05) is 48.5 Å². The van der Waals surface area contributed by atoms with Gasteiger partial charge in [-0.25, -0.2) is 4.98 Å². The Hall–Kier alpha value is -2.79. The van der Waals surface area contributed by atoms with Gasteiger partial charge in [-0.15, -0.1) is 11.8 Å². The van der Waals surface area contributed by atoms with Gasteiger partial charge < -0.3 is 10.1 Å². The van der Waals surface area contributed by atoms with Gasteiger partial charge in [-0.05, 0) is 29.3 Å². The Labute approximate surface area is 157 Å². The fourth-order valence-corrected chi connectivity index (χ4v) is 3.56. The van der Waals surface area contributed by atoms with E-state index in [9.17, 15) is 4.79 Å². The Kier molecular flexibility index (Phi) is 6.28. The van der Waals surface area contributed by atoms with Gasteiger partial charge in [-0.3, -0.25) is 4.79 Å². The molecule has 0 aliphatic heterocycles. The standard InChI is InChI=1S/C21H20N2O2S/c1-25-19-14-16(12-13-22-19)15-23-21(24)20(17-8-4-2-5-9-17)26-18-10-6-3-7-11-18/h2-14,20H,15H2,1H3,(H,23,24)/t20-/m0/s1. The highest BCUT2D eigenvalue weighted by molar-refractivity contribution is 8.00. The number of hydrogen-bond donors (Lipinski definition) is 1. The summed E-state index contributed by atoms with van der Waals surface area (Å²) in [6.07, 6.45) is 1.67. The van der Waals surface area contributed by atoms with Gasteiger partial charge in [0.1, 0.15) is 5.25 Å². The molecule has 0 unspecified atom stereocenters. The Bertz CT molecular complexity index is 841. The number of carbonyl (C=O) groups is 1. The number of nitrogens with one attached hydrogen (secondary N) is 1. The third kappa shape index (κ3) is 4.86. The van der Waals surface area contributed by atoms with Crippen LogP contribution in [-0.2, 0) is 11.3 Å². The molecule has 5 heteroatoms. The number of amides is 1. The molecule has 0 aliphatic carbocycles. The number of pyridine rings is 1. The Morgan fingerprint density at radius 3 is 2.46 bits per heavy atom. The number of thioether (sulfide) groups is 1. The third-order valence-electron chi connectivity index (χ3n) is 3.81. The SMILES string of the molecule is COc1cc(CNC(=O)[C@@H](Sc2ccccc2)c2ccccc2)ccn1. The van der Waals surface area contributed by atoms with Crippen LogP contribution in [0, 0.1) is 0 Å². The van der Waals surface area contributed by atoms with Crippen LogP contribution in [0.3, 0.4) is 0 Å². The first-order valence-corrected chi connectivity index (χ1v) is 9.17. The summed E-state index contributed by atoms with van der Waals surface area (Å²) in [4.78, 5) is 18.0. The number of methoxy groups -OCH3 is 1. The van der Waals surface area contributed by atoms with E-state index in [0.29, 0.717) is 12.4 Å². The Balaban J connectivity index is 1.74. The molecular formula is C21H20N2O2S. The lowest BCUT2D eigenvalue weighted by molar-refractivity contribution is -0.120. The summed E-state index contributed by atoms with van der Waals surface area (Å²) in [5.74, 6) is 0.510. The van der Waals surface area contributed by atoms with Crippen LogP contribution in [0.2, 0.25) is 0 Å². The summed E-state index contributed by atoms with van der Waals surface area (Å²) in [6, 6.07) is 23.5. The van der Waals surface area contributed by atoms with E-state index in [2.05, 4.69) is 10.3 Å². The monoisotopic (exact) mass is 364 g/mol. The fourth-order valence-electron chi connectivity index (χ4n) is 2.49. The second-order valence-electron chi connectivity index (χ2n) is 5.65. The molecule has 1 N–H and O–H groups in total. The van der Waals surface area contributed by atoms with Crippen LogP contribution < -0.4 is 10.1 Å². The van der Waals surface area contributed by atoms with Crippen molar-refractivity contribution in [3.63, 3.8) is 0 Å². The second-order valence-corrected chi connectivity index (χ2v) is 6.82. The van der Waals surface area contributed by atoms with Crippen molar-refractivity contribution in [3.8, 4) is 5.88 Å². The summed E-state index contributed by atoms with van der Waals surface area (Å²) >= 11 is 1.54. The first-order valence-electron chi connectivity index (χ1n) is 8.29. The second kappa shape index (κ2) is 9.06. The van der Waals surface area contributed by atoms with Crippen LogP contribution in [0.15, 0.2) is 83.9 Å². The fraction of sp³-hybridized carbons (Fsp3) is 0.143. The maximum Gasteiger partial charge on any atom is 0.238 e. The van der Waals surface area contributed by atoms with Gasteiger partial charge in [-0.2, -0.15) is 0 Å². The Morgan fingerprint density at radius 2 is 1.77 bits per heavy atom. The number of hydrogen-bond acceptors (Lipinski definition) is 4. The number of rotatable bonds is 7. The molecule has 0 fully saturated rings. The summed E-state index contributed by atoms with van der Waals surface area (Å²) < 4.78 is 5.13. The predicted molar refractivity (Wildman–Crippen MR) is 104 cm³/mol. The predicted octanol–water partition coefficient (Wildman–Crippen LogP) is 4.24. The van der Waals surface area contributed by atoms with Gasteiger partial charge >= 0.3 is 0 Å². The number of carbonyl (C=O) groups excluding carboxylic acids is 1. The number of aromatic nitrogens is 1. The smallest absolute Gasteiger partial charge is 0.238 e. The molecule has 4 nitrogen and oxygen atoms in total. The summed E-state index contributed by atoms with van der Waals surface area (Å²) in [5, 5.41) is 2.71. The number of ether oxygens (including phenoxy) is 1. The van der Waals surface area contributed by atoms with Gasteiger partial charge in [0.15, 0.2) is 0 Å². The van der Waals surface area contributed by atoms with E-state index in [1.165, 1.54) is 0 Å². The van der Waals surface area contributed by atoms with E-state index in [-0.39, 0.29) is 11.2 Å². The molecule has 1 atom stereocenters. The molecule has 132 valence electrons. The van der Waals surface area contributed by atoms with Crippen molar-refractivity contribution in [1.29, 1.82) is 0 Å². The summed E-state index contributed by atoms with van der Waals surface area (Å²) in [7, 11) is 1.58. The molecule has 0 saturated heterocycles. The van der Waals surface area contributed by atoms with E-state index >= 15 is 0 Å². The molecule has 2 aromatic carbocycles. The van der Waals surface area contributed by atoms with Crippen molar-refractivity contribution in [3.05, 3.63) is 90.1 Å². The van der Waals surface area contributed by atoms with Crippen LogP contribution in [0.1, 0.15) is 16.4 Å². The van der Waals surface area contributed by atoms with Crippen molar-refractivity contribution < 1.29 is 9.53 Å². The quantitative estimate of drug-likeness (QED) is 0.637. The van der Waals surface area contributed by atoms with E-state index in [1.807, 2.05) is 72.8 Å². The molecule has 1 aromatic heterocycles. The molecule has 0 aliphatic rings. The maximum atomic E-state index is 12.9. The molecule has 1 amide bonds. The van der Waals surface area contributed by atoms with Gasteiger partial charge in [0.25, 0.3) is 0 Å². The lowest BCUT2D eigenvalue weighted by Crippen LogP contribution is -2.27. The van der Waals surface area contributed by atoms with E-state index in [1.54, 1.807) is 25.1 Å². The lowest BCUT2D eigenvalue weighted by atomic mass is 10.1. The van der Waals surface area contributed by atoms with E-state index in [4.69, 9.17) is 4.74 Å². The zero-order valence-corrected chi connectivity index (χ0v) is 15.3. The largest absolute Gasteiger partial charge is 0.481 e. The summed E-state index contributed by atoms with van der Waals surface area (Å²) in [5.41, 5.74) is 1.92. The van der Waals surface area contributed by atoms with Crippen LogP contribution in [0.5, 0.6) is 5.88 Å². The van der Waals surface area contributed by atoms with Crippen molar-refractivity contribution in [2.75, 3.05) is 7.11 Å². The number of benzene rings is 2. The molecule has 0 radical (unpaired) electrons. The number of nitrogens with zero attached hydrogens (tertiary/aromatic N) is 1. The molecule has 3 rings (SSSR count). The van der Waals surface area contributed by atoms with Crippen LogP contribution in [0.4, 0.5) is 0 Å². The Morgan fingerprint density at radius 1 is 1.08 bits per heavy atom. The lowest BCUT2D eigenvalue weighted by Gasteiger charge is -2.17. The average molecular weight is 364 g/mol. The molecular weight excluding hydrogens is 344 g/mol. The van der Waals surface area contributed by atoms with Crippen molar-refractivity contribution in [2.24, 2.45) is 0 Å². The molecule has 0 bridgehead atoms.